The van der Waals surface area contributed by atoms with E-state index < -0.39 is 0 Å². The Hall–Kier alpha value is -1.75. The Kier molecular flexibility index (Phi) is 4.82. The molecule has 3 fully saturated rings. The van der Waals surface area contributed by atoms with E-state index in [-0.39, 0.29) is 5.41 Å². The first kappa shape index (κ1) is 17.7. The van der Waals surface area contributed by atoms with Crippen LogP contribution in [0.2, 0.25) is 0 Å². The number of hydrogen-bond acceptors (Lipinski definition) is 4. The zero-order valence-corrected chi connectivity index (χ0v) is 16.1. The van der Waals surface area contributed by atoms with Gasteiger partial charge in [-0.25, -0.2) is 0 Å². The van der Waals surface area contributed by atoms with Crippen LogP contribution in [-0.2, 0) is 4.79 Å². The molecule has 3 heterocycles. The molecule has 5 nitrogen and oxygen atoms in total. The second-order valence-electron chi connectivity index (χ2n) is 8.22. The van der Waals surface area contributed by atoms with E-state index in [0.717, 1.165) is 70.6 Å². The predicted molar refractivity (Wildman–Crippen MR) is 104 cm³/mol. The second kappa shape index (κ2) is 7.10. The first-order chi connectivity index (χ1) is 12.6. The minimum Gasteiger partial charge on any atom is -0.495 e. The zero-order valence-electron chi connectivity index (χ0n) is 16.1. The fourth-order valence-corrected chi connectivity index (χ4v) is 5.23. The SMILES string of the molecule is COc1ccccc1N1CCC(N2CC[C@@]3(CCCN(C)C3=O)C2)CC1. The first-order valence-corrected chi connectivity index (χ1v) is 10.0. The minimum atomic E-state index is -0.0905. The normalized spacial score (nSPS) is 28.2. The summed E-state index contributed by atoms with van der Waals surface area (Å²) in [6.45, 7) is 5.09. The van der Waals surface area contributed by atoms with Crippen LogP contribution in [-0.4, -0.2) is 68.6 Å². The molecule has 0 unspecified atom stereocenters. The van der Waals surface area contributed by atoms with E-state index in [0.29, 0.717) is 11.9 Å². The Balaban J connectivity index is 1.38. The summed E-state index contributed by atoms with van der Waals surface area (Å²) >= 11 is 0. The predicted octanol–water partition coefficient (Wildman–Crippen LogP) is 2.61. The van der Waals surface area contributed by atoms with Crippen LogP contribution in [0.5, 0.6) is 5.75 Å². The lowest BCUT2D eigenvalue weighted by atomic mass is 9.78. The van der Waals surface area contributed by atoms with Crippen LogP contribution in [0.1, 0.15) is 32.1 Å². The highest BCUT2D eigenvalue weighted by atomic mass is 16.5. The van der Waals surface area contributed by atoms with Crippen molar-refractivity contribution in [2.24, 2.45) is 5.41 Å². The van der Waals surface area contributed by atoms with Crippen molar-refractivity contribution >= 4 is 11.6 Å². The number of methoxy groups -OCH3 is 1. The fraction of sp³-hybridized carbons (Fsp3) is 0.667. The maximum atomic E-state index is 12.8. The molecule has 1 atom stereocenters. The lowest BCUT2D eigenvalue weighted by molar-refractivity contribution is -0.144. The van der Waals surface area contributed by atoms with Gasteiger partial charge in [0.15, 0.2) is 0 Å². The number of nitrogens with zero attached hydrogens (tertiary/aromatic N) is 3. The van der Waals surface area contributed by atoms with E-state index in [1.54, 1.807) is 7.11 Å². The summed E-state index contributed by atoms with van der Waals surface area (Å²) < 4.78 is 5.53. The summed E-state index contributed by atoms with van der Waals surface area (Å²) in [4.78, 5) is 19.8. The minimum absolute atomic E-state index is 0.0905. The molecular formula is C21H31N3O2. The second-order valence-corrected chi connectivity index (χ2v) is 8.22. The van der Waals surface area contributed by atoms with Crippen LogP contribution in [0.25, 0.3) is 0 Å². The van der Waals surface area contributed by atoms with Gasteiger partial charge in [0, 0.05) is 39.3 Å². The van der Waals surface area contributed by atoms with Crippen molar-refractivity contribution in [2.45, 2.75) is 38.1 Å². The Labute approximate surface area is 156 Å². The first-order valence-electron chi connectivity index (χ1n) is 10.0. The van der Waals surface area contributed by atoms with Crippen molar-refractivity contribution in [1.29, 1.82) is 0 Å². The molecule has 1 aromatic carbocycles. The van der Waals surface area contributed by atoms with E-state index in [1.165, 1.54) is 5.69 Å². The van der Waals surface area contributed by atoms with Gasteiger partial charge in [0.05, 0.1) is 18.2 Å². The molecule has 5 heteroatoms. The van der Waals surface area contributed by atoms with Gasteiger partial charge < -0.3 is 14.5 Å². The van der Waals surface area contributed by atoms with Crippen LogP contribution in [0.4, 0.5) is 5.69 Å². The fourth-order valence-electron chi connectivity index (χ4n) is 5.23. The van der Waals surface area contributed by atoms with Gasteiger partial charge in [-0.1, -0.05) is 12.1 Å². The molecule has 3 saturated heterocycles. The number of anilines is 1. The molecule has 1 spiro atoms. The number of carbonyl (C=O) groups excluding carboxylic acids is 1. The third-order valence-electron chi connectivity index (χ3n) is 6.74. The summed E-state index contributed by atoms with van der Waals surface area (Å²) in [6.07, 6.45) is 5.61. The molecule has 0 aliphatic carbocycles. The molecule has 0 radical (unpaired) electrons. The van der Waals surface area contributed by atoms with Crippen LogP contribution in [0.3, 0.4) is 0 Å². The standard InChI is InChI=1S/C21H31N3O2/c1-22-12-5-10-21(20(22)25)11-15-24(16-21)17-8-13-23(14-9-17)18-6-3-4-7-19(18)26-2/h3-4,6-7,17H,5,8-16H2,1-2H3/t21-/m0/s1. The number of amides is 1. The summed E-state index contributed by atoms with van der Waals surface area (Å²) in [5.74, 6) is 1.35. The number of likely N-dealkylation sites (tertiary alicyclic amines) is 2. The van der Waals surface area contributed by atoms with E-state index in [9.17, 15) is 4.79 Å². The van der Waals surface area contributed by atoms with Crippen LogP contribution < -0.4 is 9.64 Å². The van der Waals surface area contributed by atoms with Crippen molar-refractivity contribution in [1.82, 2.24) is 9.80 Å². The zero-order chi connectivity index (χ0) is 18.1. The largest absolute Gasteiger partial charge is 0.495 e. The monoisotopic (exact) mass is 357 g/mol. The van der Waals surface area contributed by atoms with E-state index >= 15 is 0 Å². The smallest absolute Gasteiger partial charge is 0.229 e. The molecule has 0 saturated carbocycles. The van der Waals surface area contributed by atoms with Crippen molar-refractivity contribution in [3.05, 3.63) is 24.3 Å². The van der Waals surface area contributed by atoms with Crippen LogP contribution in [0, 0.1) is 5.41 Å². The van der Waals surface area contributed by atoms with Gasteiger partial charge in [0.1, 0.15) is 5.75 Å². The van der Waals surface area contributed by atoms with Gasteiger partial charge in [0.25, 0.3) is 0 Å². The lowest BCUT2D eigenvalue weighted by Crippen LogP contribution is -2.50. The topological polar surface area (TPSA) is 36.0 Å². The number of rotatable bonds is 3. The molecule has 3 aliphatic heterocycles. The van der Waals surface area contributed by atoms with Gasteiger partial charge in [0.2, 0.25) is 5.91 Å². The Morgan fingerprint density at radius 2 is 1.85 bits per heavy atom. The highest BCUT2D eigenvalue weighted by molar-refractivity contribution is 5.84. The highest BCUT2D eigenvalue weighted by Crippen LogP contribution is 2.41. The molecular weight excluding hydrogens is 326 g/mol. The van der Waals surface area contributed by atoms with Gasteiger partial charge in [-0.05, 0) is 50.8 Å². The Morgan fingerprint density at radius 3 is 2.62 bits per heavy atom. The highest BCUT2D eigenvalue weighted by Gasteiger charge is 2.48. The molecule has 142 valence electrons. The molecule has 1 aromatic rings. The number of carbonyl (C=O) groups is 1. The molecule has 0 aromatic heterocycles. The summed E-state index contributed by atoms with van der Waals surface area (Å²) in [5.41, 5.74) is 1.11. The maximum Gasteiger partial charge on any atom is 0.229 e. The number of ether oxygens (including phenoxy) is 1. The van der Waals surface area contributed by atoms with Crippen molar-refractivity contribution < 1.29 is 9.53 Å². The molecule has 4 rings (SSSR count). The number of para-hydroxylation sites is 2. The summed E-state index contributed by atoms with van der Waals surface area (Å²) in [5, 5.41) is 0. The van der Waals surface area contributed by atoms with Gasteiger partial charge in [-0.3, -0.25) is 9.69 Å². The number of benzene rings is 1. The summed E-state index contributed by atoms with van der Waals surface area (Å²) in [7, 11) is 3.71. The average Bonchev–Trinajstić information content (AvgIpc) is 3.11. The van der Waals surface area contributed by atoms with Crippen LogP contribution in [0.15, 0.2) is 24.3 Å². The van der Waals surface area contributed by atoms with Gasteiger partial charge in [-0.15, -0.1) is 0 Å². The summed E-state index contributed by atoms with van der Waals surface area (Å²) in [6, 6.07) is 8.91. The third-order valence-corrected chi connectivity index (χ3v) is 6.74. The Bertz CT molecular complexity index is 656. The van der Waals surface area contributed by atoms with Crippen molar-refractivity contribution in [2.75, 3.05) is 51.8 Å². The van der Waals surface area contributed by atoms with E-state index in [4.69, 9.17) is 4.74 Å². The number of hydrogen-bond donors (Lipinski definition) is 0. The van der Waals surface area contributed by atoms with Crippen LogP contribution >= 0.6 is 0 Å². The van der Waals surface area contributed by atoms with E-state index in [2.05, 4.69) is 21.9 Å². The quantitative estimate of drug-likeness (QED) is 0.833. The molecule has 1 amide bonds. The van der Waals surface area contributed by atoms with Gasteiger partial charge >= 0.3 is 0 Å². The van der Waals surface area contributed by atoms with Crippen molar-refractivity contribution in [3.8, 4) is 5.75 Å². The maximum absolute atomic E-state index is 12.8. The van der Waals surface area contributed by atoms with E-state index in [1.807, 2.05) is 24.1 Å². The number of piperidine rings is 2. The Morgan fingerprint density at radius 1 is 1.08 bits per heavy atom. The van der Waals surface area contributed by atoms with Gasteiger partial charge in [-0.2, -0.15) is 0 Å². The third kappa shape index (κ3) is 3.07. The molecule has 26 heavy (non-hydrogen) atoms. The lowest BCUT2D eigenvalue weighted by Gasteiger charge is -2.40. The average molecular weight is 357 g/mol. The molecule has 3 aliphatic rings. The van der Waals surface area contributed by atoms with Crippen molar-refractivity contribution in [3.63, 3.8) is 0 Å². The molecule has 0 bridgehead atoms. The molecule has 0 N–H and O–H groups in total.